The molecule has 0 spiro atoms. The van der Waals surface area contributed by atoms with Crippen LogP contribution in [0.2, 0.25) is 5.02 Å². The second-order valence-corrected chi connectivity index (χ2v) is 9.96. The van der Waals surface area contributed by atoms with Gasteiger partial charge in [0.15, 0.2) is 0 Å². The summed E-state index contributed by atoms with van der Waals surface area (Å²) in [6.45, 7) is 4.53. The summed E-state index contributed by atoms with van der Waals surface area (Å²) in [4.78, 5) is 15.1. The molecule has 0 radical (unpaired) electrons. The van der Waals surface area contributed by atoms with Crippen LogP contribution in [0.5, 0.6) is 0 Å². The Balaban J connectivity index is 1.67. The standard InChI is InChI=1S/C20H30ClN3O3S/c21-19-9-8-17(28(26,27)24-13-6-1-2-7-14-24)16-18(19)20(25)22-10-15-23-11-4-3-5-12-23/h8-9,16H,1-7,10-15H2,(H,22,25). The number of rotatable bonds is 6. The lowest BCUT2D eigenvalue weighted by molar-refractivity contribution is 0.0946. The van der Waals surface area contributed by atoms with E-state index in [2.05, 4.69) is 10.2 Å². The van der Waals surface area contributed by atoms with Crippen molar-refractivity contribution in [2.45, 2.75) is 49.8 Å². The third-order valence-corrected chi connectivity index (χ3v) is 7.77. The van der Waals surface area contributed by atoms with E-state index in [9.17, 15) is 13.2 Å². The Hall–Kier alpha value is -1.15. The molecule has 1 N–H and O–H groups in total. The first-order chi connectivity index (χ1) is 13.5. The van der Waals surface area contributed by atoms with Gasteiger partial charge in [-0.2, -0.15) is 4.31 Å². The average molecular weight is 428 g/mol. The lowest BCUT2D eigenvalue weighted by atomic mass is 10.1. The van der Waals surface area contributed by atoms with Crippen LogP contribution >= 0.6 is 11.6 Å². The maximum Gasteiger partial charge on any atom is 0.252 e. The Morgan fingerprint density at radius 2 is 1.57 bits per heavy atom. The molecule has 0 aromatic heterocycles. The summed E-state index contributed by atoms with van der Waals surface area (Å²) < 4.78 is 27.5. The van der Waals surface area contributed by atoms with Crippen molar-refractivity contribution >= 4 is 27.5 Å². The molecule has 0 aliphatic carbocycles. The molecule has 6 nitrogen and oxygen atoms in total. The van der Waals surface area contributed by atoms with Crippen LogP contribution in [0, 0.1) is 0 Å². The van der Waals surface area contributed by atoms with Crippen LogP contribution in [-0.4, -0.2) is 62.8 Å². The van der Waals surface area contributed by atoms with E-state index in [-0.39, 0.29) is 21.4 Å². The molecule has 0 saturated carbocycles. The van der Waals surface area contributed by atoms with Crippen molar-refractivity contribution < 1.29 is 13.2 Å². The quantitative estimate of drug-likeness (QED) is 0.757. The van der Waals surface area contributed by atoms with Crippen LogP contribution in [0.3, 0.4) is 0 Å². The van der Waals surface area contributed by atoms with E-state index >= 15 is 0 Å². The largest absolute Gasteiger partial charge is 0.351 e. The summed E-state index contributed by atoms with van der Waals surface area (Å²) in [5.74, 6) is -0.324. The number of piperidine rings is 1. The van der Waals surface area contributed by atoms with E-state index < -0.39 is 10.0 Å². The van der Waals surface area contributed by atoms with Gasteiger partial charge in [0.05, 0.1) is 15.5 Å². The normalized spacial score (nSPS) is 19.9. The van der Waals surface area contributed by atoms with E-state index in [1.165, 1.54) is 41.8 Å². The van der Waals surface area contributed by atoms with E-state index in [1.54, 1.807) is 0 Å². The highest BCUT2D eigenvalue weighted by molar-refractivity contribution is 7.89. The van der Waals surface area contributed by atoms with Crippen LogP contribution in [-0.2, 0) is 10.0 Å². The second-order valence-electron chi connectivity index (χ2n) is 7.62. The van der Waals surface area contributed by atoms with Gasteiger partial charge in [-0.25, -0.2) is 8.42 Å². The first kappa shape index (κ1) is 21.6. The summed E-state index contributed by atoms with van der Waals surface area (Å²) in [5, 5.41) is 3.15. The van der Waals surface area contributed by atoms with Crippen molar-refractivity contribution in [3.8, 4) is 0 Å². The Morgan fingerprint density at radius 1 is 0.964 bits per heavy atom. The smallest absolute Gasteiger partial charge is 0.252 e. The van der Waals surface area contributed by atoms with Crippen LogP contribution in [0.15, 0.2) is 23.1 Å². The third kappa shape index (κ3) is 5.47. The number of carbonyl (C=O) groups excluding carboxylic acids is 1. The number of halogens is 1. The number of nitrogens with zero attached hydrogens (tertiary/aromatic N) is 2. The fraction of sp³-hybridized carbons (Fsp3) is 0.650. The van der Waals surface area contributed by atoms with Crippen LogP contribution in [0.25, 0.3) is 0 Å². The molecule has 8 heteroatoms. The average Bonchev–Trinajstić information content (AvgIpc) is 2.99. The molecule has 0 bridgehead atoms. The number of likely N-dealkylation sites (tertiary alicyclic amines) is 1. The molecule has 2 heterocycles. The van der Waals surface area contributed by atoms with Gasteiger partial charge >= 0.3 is 0 Å². The van der Waals surface area contributed by atoms with Crippen molar-refractivity contribution in [1.29, 1.82) is 0 Å². The fourth-order valence-corrected chi connectivity index (χ4v) is 5.62. The maximum absolute atomic E-state index is 13.0. The lowest BCUT2D eigenvalue weighted by Crippen LogP contribution is -2.37. The van der Waals surface area contributed by atoms with Crippen molar-refractivity contribution in [3.05, 3.63) is 28.8 Å². The number of sulfonamides is 1. The van der Waals surface area contributed by atoms with Gasteiger partial charge in [-0.3, -0.25) is 4.79 Å². The topological polar surface area (TPSA) is 69.7 Å². The van der Waals surface area contributed by atoms with Crippen LogP contribution < -0.4 is 5.32 Å². The Bertz CT molecular complexity index is 771. The zero-order chi connectivity index (χ0) is 20.0. The van der Waals surface area contributed by atoms with Gasteiger partial charge in [0.1, 0.15) is 0 Å². The molecule has 2 fully saturated rings. The number of benzene rings is 1. The number of carbonyl (C=O) groups is 1. The summed E-state index contributed by atoms with van der Waals surface area (Å²) in [6.07, 6.45) is 7.53. The number of amides is 1. The van der Waals surface area contributed by atoms with Crippen molar-refractivity contribution in [2.24, 2.45) is 0 Å². The molecule has 2 aliphatic rings. The highest BCUT2D eigenvalue weighted by atomic mass is 35.5. The van der Waals surface area contributed by atoms with Gasteiger partial charge in [0, 0.05) is 26.2 Å². The Kier molecular flexibility index (Phi) is 7.74. The zero-order valence-electron chi connectivity index (χ0n) is 16.3. The van der Waals surface area contributed by atoms with E-state index in [0.29, 0.717) is 19.6 Å². The molecular weight excluding hydrogens is 398 g/mol. The Morgan fingerprint density at radius 3 is 2.25 bits per heavy atom. The van der Waals surface area contributed by atoms with Gasteiger partial charge in [0.25, 0.3) is 5.91 Å². The summed E-state index contributed by atoms with van der Waals surface area (Å²) in [7, 11) is -3.61. The maximum atomic E-state index is 13.0. The number of hydrogen-bond acceptors (Lipinski definition) is 4. The molecule has 1 aromatic carbocycles. The van der Waals surface area contributed by atoms with Crippen molar-refractivity contribution in [2.75, 3.05) is 39.3 Å². The molecule has 0 atom stereocenters. The molecule has 2 aliphatic heterocycles. The second kappa shape index (κ2) is 10.1. The van der Waals surface area contributed by atoms with E-state index in [1.807, 2.05) is 0 Å². The molecule has 2 saturated heterocycles. The number of hydrogen-bond donors (Lipinski definition) is 1. The van der Waals surface area contributed by atoms with Gasteiger partial charge in [0.2, 0.25) is 10.0 Å². The molecule has 28 heavy (non-hydrogen) atoms. The minimum Gasteiger partial charge on any atom is -0.351 e. The molecule has 1 amide bonds. The summed E-state index contributed by atoms with van der Waals surface area (Å²) >= 11 is 6.20. The predicted molar refractivity (Wildman–Crippen MR) is 111 cm³/mol. The van der Waals surface area contributed by atoms with Crippen LogP contribution in [0.1, 0.15) is 55.3 Å². The predicted octanol–water partition coefficient (Wildman–Crippen LogP) is 3.12. The molecule has 0 unspecified atom stereocenters. The highest BCUT2D eigenvalue weighted by Gasteiger charge is 2.26. The van der Waals surface area contributed by atoms with Gasteiger partial charge in [-0.05, 0) is 57.0 Å². The first-order valence-electron chi connectivity index (χ1n) is 10.3. The SMILES string of the molecule is O=C(NCCN1CCCCC1)c1cc(S(=O)(=O)N2CCCCCC2)ccc1Cl. The fourth-order valence-electron chi connectivity index (χ4n) is 3.88. The first-order valence-corrected chi connectivity index (χ1v) is 12.1. The summed E-state index contributed by atoms with van der Waals surface area (Å²) in [6, 6.07) is 4.41. The monoisotopic (exact) mass is 427 g/mol. The van der Waals surface area contributed by atoms with Crippen LogP contribution in [0.4, 0.5) is 0 Å². The van der Waals surface area contributed by atoms with Gasteiger partial charge < -0.3 is 10.2 Å². The summed E-state index contributed by atoms with van der Waals surface area (Å²) in [5.41, 5.74) is 0.219. The molecule has 1 aromatic rings. The number of nitrogens with one attached hydrogen (secondary N) is 1. The molecule has 3 rings (SSSR count). The van der Waals surface area contributed by atoms with Gasteiger partial charge in [-0.15, -0.1) is 0 Å². The van der Waals surface area contributed by atoms with Gasteiger partial charge in [-0.1, -0.05) is 30.9 Å². The minimum absolute atomic E-state index is 0.139. The van der Waals surface area contributed by atoms with E-state index in [0.717, 1.165) is 45.3 Å². The molecule has 156 valence electrons. The zero-order valence-corrected chi connectivity index (χ0v) is 17.9. The minimum atomic E-state index is -3.61. The van der Waals surface area contributed by atoms with E-state index in [4.69, 9.17) is 11.6 Å². The highest BCUT2D eigenvalue weighted by Crippen LogP contribution is 2.25. The third-order valence-electron chi connectivity index (χ3n) is 5.55. The Labute approximate surface area is 173 Å². The van der Waals surface area contributed by atoms with Crippen molar-refractivity contribution in [3.63, 3.8) is 0 Å². The van der Waals surface area contributed by atoms with Crippen molar-refractivity contribution in [1.82, 2.24) is 14.5 Å². The molecular formula is C20H30ClN3O3S. The lowest BCUT2D eigenvalue weighted by Gasteiger charge is -2.26.